The molecule has 2 aromatic heterocycles. The summed E-state index contributed by atoms with van der Waals surface area (Å²) in [6, 6.07) is 7.83. The van der Waals surface area contributed by atoms with Crippen molar-refractivity contribution in [2.75, 3.05) is 12.3 Å². The first-order valence-corrected chi connectivity index (χ1v) is 11.1. The Morgan fingerprint density at radius 1 is 1.28 bits per heavy atom. The molecule has 3 heterocycles. The van der Waals surface area contributed by atoms with Gasteiger partial charge >= 0.3 is 6.16 Å². The minimum atomic E-state index is -1.76. The Morgan fingerprint density at radius 3 is 2.69 bits per heavy atom. The Labute approximate surface area is 195 Å². The van der Waals surface area contributed by atoms with Crippen LogP contribution in [0.1, 0.15) is 17.4 Å². The highest BCUT2D eigenvalue weighted by molar-refractivity contribution is 14.1. The fourth-order valence-electron chi connectivity index (χ4n) is 4.34. The van der Waals surface area contributed by atoms with E-state index >= 15 is 4.39 Å². The number of nitrogens with two attached hydrogens (primary N) is 1. The van der Waals surface area contributed by atoms with Gasteiger partial charge in [0.25, 0.3) is 0 Å². The minimum Gasteiger partial charge on any atom is -0.430 e. The number of fused-ring (bicyclic) bond motifs is 2. The van der Waals surface area contributed by atoms with Crippen molar-refractivity contribution >= 4 is 45.6 Å². The van der Waals surface area contributed by atoms with Crippen LogP contribution in [-0.2, 0) is 27.1 Å². The van der Waals surface area contributed by atoms with Gasteiger partial charge < -0.3 is 29.6 Å². The highest BCUT2D eigenvalue weighted by atomic mass is 127. The average Bonchev–Trinajstić information content (AvgIpc) is 3.42. The molecule has 0 radical (unpaired) electrons. The van der Waals surface area contributed by atoms with Crippen LogP contribution in [0.25, 0.3) is 11.0 Å². The highest BCUT2D eigenvalue weighted by Crippen LogP contribution is 2.38. The van der Waals surface area contributed by atoms with Gasteiger partial charge in [-0.05, 0) is 33.7 Å². The van der Waals surface area contributed by atoms with Gasteiger partial charge in [0.1, 0.15) is 30.0 Å². The molecule has 1 aromatic carbocycles. The summed E-state index contributed by atoms with van der Waals surface area (Å²) in [6.45, 7) is -0.531. The normalized spacial score (nSPS) is 25.2. The quantitative estimate of drug-likeness (QED) is 0.373. The molecule has 0 saturated carbocycles. The number of ether oxygens (including phenoxy) is 3. The molecule has 1 aliphatic heterocycles. The molecule has 9 nitrogen and oxygen atoms in total. The molecule has 5 rings (SSSR count). The van der Waals surface area contributed by atoms with E-state index in [-0.39, 0.29) is 11.9 Å². The van der Waals surface area contributed by atoms with Crippen LogP contribution in [0.4, 0.5) is 15.0 Å². The standard InChI is InChI=1S/C21H20FIN4O5/c22-16-17(32-21(29)30-12-5-10-3-1-2-4-11(10)6-12)14(8-28)31-20(16)27-7-13(23)15-18(24)25-9-26-19(15)27/h1-4,7,9,12,14,16-17,20,28H,5-6,8H2,(H2,24,25,26)/t14-,16?,17+,20-/m1/s1. The number of benzene rings is 1. The van der Waals surface area contributed by atoms with E-state index in [0.717, 1.165) is 14.7 Å². The largest absolute Gasteiger partial charge is 0.509 e. The van der Waals surface area contributed by atoms with Crippen LogP contribution in [0.15, 0.2) is 36.8 Å². The van der Waals surface area contributed by atoms with Gasteiger partial charge in [0.2, 0.25) is 0 Å². The van der Waals surface area contributed by atoms with Crippen molar-refractivity contribution < 1.29 is 28.5 Å². The summed E-state index contributed by atoms with van der Waals surface area (Å²) in [5.74, 6) is 0.263. The second kappa shape index (κ2) is 8.45. The number of aliphatic hydroxyl groups is 1. The average molecular weight is 554 g/mol. The molecule has 11 heteroatoms. The van der Waals surface area contributed by atoms with Crippen molar-refractivity contribution in [1.29, 1.82) is 0 Å². The number of carbonyl (C=O) groups excluding carboxylic acids is 1. The Bertz CT molecular complexity index is 1150. The van der Waals surface area contributed by atoms with Crippen molar-refractivity contribution in [1.82, 2.24) is 14.5 Å². The lowest BCUT2D eigenvalue weighted by molar-refractivity contribution is -0.0598. The third-order valence-corrected chi connectivity index (χ3v) is 6.64. The van der Waals surface area contributed by atoms with E-state index in [2.05, 4.69) is 32.6 Å². The number of anilines is 1. The Morgan fingerprint density at radius 2 is 2.00 bits per heavy atom. The van der Waals surface area contributed by atoms with E-state index in [0.29, 0.717) is 23.9 Å². The van der Waals surface area contributed by atoms with Crippen LogP contribution >= 0.6 is 22.6 Å². The predicted octanol–water partition coefficient (Wildman–Crippen LogP) is 2.54. The first kappa shape index (κ1) is 21.3. The van der Waals surface area contributed by atoms with E-state index in [1.807, 2.05) is 24.3 Å². The first-order chi connectivity index (χ1) is 15.5. The molecule has 0 spiro atoms. The lowest BCUT2D eigenvalue weighted by Crippen LogP contribution is -2.37. The van der Waals surface area contributed by atoms with Crippen molar-refractivity contribution in [3.63, 3.8) is 0 Å². The number of nitrogen functional groups attached to an aromatic ring is 1. The second-order valence-corrected chi connectivity index (χ2v) is 8.95. The number of aliphatic hydroxyl groups excluding tert-OH is 1. The van der Waals surface area contributed by atoms with Crippen molar-refractivity contribution in [2.24, 2.45) is 0 Å². The van der Waals surface area contributed by atoms with E-state index in [9.17, 15) is 9.90 Å². The summed E-state index contributed by atoms with van der Waals surface area (Å²) in [6.07, 6.45) is -2.62. The molecule has 3 aromatic rings. The van der Waals surface area contributed by atoms with Gasteiger partial charge in [-0.15, -0.1) is 0 Å². The first-order valence-electron chi connectivity index (χ1n) is 10.1. The summed E-state index contributed by atoms with van der Waals surface area (Å²) >= 11 is 2.05. The third-order valence-electron chi connectivity index (χ3n) is 5.82. The molecular formula is C21H20FIN4O5. The van der Waals surface area contributed by atoms with Gasteiger partial charge in [0.05, 0.1) is 12.0 Å². The van der Waals surface area contributed by atoms with E-state index in [1.165, 1.54) is 10.9 Å². The number of hydrogen-bond donors (Lipinski definition) is 2. The van der Waals surface area contributed by atoms with E-state index < -0.39 is 37.4 Å². The topological polar surface area (TPSA) is 122 Å². The molecule has 32 heavy (non-hydrogen) atoms. The van der Waals surface area contributed by atoms with Gasteiger partial charge in [-0.1, -0.05) is 24.3 Å². The van der Waals surface area contributed by atoms with E-state index in [4.69, 9.17) is 19.9 Å². The molecule has 1 fully saturated rings. The molecule has 1 unspecified atom stereocenters. The van der Waals surface area contributed by atoms with Crippen molar-refractivity contribution in [3.05, 3.63) is 51.5 Å². The predicted molar refractivity (Wildman–Crippen MR) is 120 cm³/mol. The molecule has 4 atom stereocenters. The summed E-state index contributed by atoms with van der Waals surface area (Å²) in [5, 5.41) is 10.3. The maximum Gasteiger partial charge on any atom is 0.509 e. The molecule has 1 aliphatic carbocycles. The summed E-state index contributed by atoms with van der Waals surface area (Å²) in [5.41, 5.74) is 8.54. The second-order valence-electron chi connectivity index (χ2n) is 7.78. The maximum atomic E-state index is 15.4. The van der Waals surface area contributed by atoms with Gasteiger partial charge in [-0.2, -0.15) is 0 Å². The molecule has 168 valence electrons. The maximum absolute atomic E-state index is 15.4. The summed E-state index contributed by atoms with van der Waals surface area (Å²) < 4.78 is 34.0. The lowest BCUT2D eigenvalue weighted by atomic mass is 10.1. The van der Waals surface area contributed by atoms with Crippen LogP contribution in [0.3, 0.4) is 0 Å². The number of rotatable bonds is 4. The van der Waals surface area contributed by atoms with E-state index in [1.54, 1.807) is 6.20 Å². The number of nitrogens with zero attached hydrogens (tertiary/aromatic N) is 3. The Hall–Kier alpha value is -2.51. The molecule has 1 saturated heterocycles. The SMILES string of the molecule is Nc1ncnc2c1c(I)cn2[C@@H]1O[C@H](CO)[C@H](OC(=O)OC2Cc3ccccc3C2)C1F. The number of halogens is 2. The van der Waals surface area contributed by atoms with Gasteiger partial charge in [0.15, 0.2) is 18.5 Å². The number of hydrogen-bond acceptors (Lipinski definition) is 8. The highest BCUT2D eigenvalue weighted by Gasteiger charge is 2.49. The molecule has 0 amide bonds. The number of carbonyl (C=O) groups is 1. The van der Waals surface area contributed by atoms with Gasteiger partial charge in [0, 0.05) is 22.6 Å². The summed E-state index contributed by atoms with van der Waals surface area (Å²) in [7, 11) is 0. The molecule has 2 aliphatic rings. The van der Waals surface area contributed by atoms with Crippen LogP contribution in [0.2, 0.25) is 0 Å². The zero-order chi connectivity index (χ0) is 22.4. The minimum absolute atomic E-state index is 0.263. The van der Waals surface area contributed by atoms with Crippen molar-refractivity contribution in [2.45, 2.75) is 43.6 Å². The molecular weight excluding hydrogens is 534 g/mol. The van der Waals surface area contributed by atoms with Crippen LogP contribution in [-0.4, -0.2) is 56.9 Å². The van der Waals surface area contributed by atoms with Crippen LogP contribution < -0.4 is 5.73 Å². The zero-order valence-corrected chi connectivity index (χ0v) is 18.9. The van der Waals surface area contributed by atoms with Crippen LogP contribution in [0, 0.1) is 3.57 Å². The molecule has 0 bridgehead atoms. The number of alkyl halides is 1. The zero-order valence-electron chi connectivity index (χ0n) is 16.7. The third kappa shape index (κ3) is 3.67. The van der Waals surface area contributed by atoms with Crippen LogP contribution in [0.5, 0.6) is 0 Å². The van der Waals surface area contributed by atoms with Crippen molar-refractivity contribution in [3.8, 4) is 0 Å². The number of aromatic nitrogens is 3. The Balaban J connectivity index is 1.31. The van der Waals surface area contributed by atoms with Gasteiger partial charge in [-0.3, -0.25) is 0 Å². The smallest absolute Gasteiger partial charge is 0.430 e. The lowest BCUT2D eigenvalue weighted by Gasteiger charge is -2.19. The summed E-state index contributed by atoms with van der Waals surface area (Å²) in [4.78, 5) is 20.6. The monoisotopic (exact) mass is 554 g/mol. The Kier molecular flexibility index (Phi) is 5.63. The van der Waals surface area contributed by atoms with Gasteiger partial charge in [-0.25, -0.2) is 19.2 Å². The fourth-order valence-corrected chi connectivity index (χ4v) is 5.16. The molecule has 3 N–H and O–H groups in total. The fraction of sp³-hybridized carbons (Fsp3) is 0.381.